The van der Waals surface area contributed by atoms with Crippen molar-refractivity contribution in [1.82, 2.24) is 9.47 Å². The highest BCUT2D eigenvalue weighted by Crippen LogP contribution is 2.32. The molecule has 3 nitrogen and oxygen atoms in total. The molecule has 0 bridgehead atoms. The molecule has 0 unspecified atom stereocenters. The van der Waals surface area contributed by atoms with E-state index in [4.69, 9.17) is 0 Å². The highest BCUT2D eigenvalue weighted by molar-refractivity contribution is 6.03. The molecule has 2 aromatic carbocycles. The molecule has 0 saturated heterocycles. The van der Waals surface area contributed by atoms with Crippen LogP contribution in [0, 0.1) is 5.82 Å². The largest absolute Gasteiger partial charge is 0.337 e. The van der Waals surface area contributed by atoms with Gasteiger partial charge in [0.05, 0.1) is 0 Å². The zero-order valence-electron chi connectivity index (χ0n) is 15.7. The van der Waals surface area contributed by atoms with Crippen LogP contribution in [0.4, 0.5) is 4.39 Å². The van der Waals surface area contributed by atoms with E-state index < -0.39 is 0 Å². The van der Waals surface area contributed by atoms with Crippen LogP contribution in [-0.4, -0.2) is 28.5 Å². The number of rotatable bonds is 6. The molecule has 0 radical (unpaired) electrons. The molecule has 0 aliphatic carbocycles. The van der Waals surface area contributed by atoms with Crippen LogP contribution in [0.1, 0.15) is 41.4 Å². The normalized spacial score (nSPS) is 14.0. The van der Waals surface area contributed by atoms with Crippen LogP contribution < -0.4 is 0 Å². The fourth-order valence-electron chi connectivity index (χ4n) is 4.07. The van der Waals surface area contributed by atoms with E-state index in [1.54, 1.807) is 6.07 Å². The fourth-order valence-corrected chi connectivity index (χ4v) is 4.07. The van der Waals surface area contributed by atoms with Crippen molar-refractivity contribution in [3.05, 3.63) is 71.2 Å². The zero-order valence-corrected chi connectivity index (χ0v) is 15.7. The van der Waals surface area contributed by atoms with Crippen LogP contribution >= 0.6 is 0 Å². The Bertz CT molecular complexity index is 961. The first kappa shape index (κ1) is 17.8. The molecule has 0 spiro atoms. The lowest BCUT2D eigenvalue weighted by molar-refractivity contribution is 0.0726. The van der Waals surface area contributed by atoms with Crippen LogP contribution in [-0.2, 0) is 19.4 Å². The number of unbranched alkanes of at least 4 members (excludes halogenated alkanes) is 1. The number of hydrogen-bond acceptors (Lipinski definition) is 1. The van der Waals surface area contributed by atoms with E-state index in [2.05, 4.69) is 23.6 Å². The summed E-state index contributed by atoms with van der Waals surface area (Å²) in [5.41, 5.74) is 3.97. The van der Waals surface area contributed by atoms with Gasteiger partial charge in [-0.05, 0) is 48.6 Å². The van der Waals surface area contributed by atoms with Crippen LogP contribution in [0.2, 0.25) is 0 Å². The van der Waals surface area contributed by atoms with E-state index in [1.165, 1.54) is 11.6 Å². The topological polar surface area (TPSA) is 25.2 Å². The van der Waals surface area contributed by atoms with Gasteiger partial charge in [-0.25, -0.2) is 4.39 Å². The Morgan fingerprint density at radius 3 is 2.67 bits per heavy atom. The molecule has 1 aromatic heterocycles. The zero-order chi connectivity index (χ0) is 18.8. The molecule has 1 aliphatic rings. The molecule has 0 atom stereocenters. The lowest BCUT2D eigenvalue weighted by Crippen LogP contribution is -2.39. The molecule has 27 heavy (non-hydrogen) atoms. The van der Waals surface area contributed by atoms with Crippen molar-refractivity contribution in [3.8, 4) is 0 Å². The molecular formula is C23H25FN2O. The van der Waals surface area contributed by atoms with Gasteiger partial charge in [-0.3, -0.25) is 4.79 Å². The molecule has 2 heterocycles. The Hall–Kier alpha value is -2.62. The summed E-state index contributed by atoms with van der Waals surface area (Å²) in [5.74, 6) is -0.152. The lowest BCUT2D eigenvalue weighted by Gasteiger charge is -2.28. The molecular weight excluding hydrogens is 339 g/mol. The van der Waals surface area contributed by atoms with Gasteiger partial charge in [-0.15, -0.1) is 0 Å². The summed E-state index contributed by atoms with van der Waals surface area (Å²) in [7, 11) is 0. The maximum Gasteiger partial charge on any atom is 0.270 e. The van der Waals surface area contributed by atoms with Crippen molar-refractivity contribution >= 4 is 16.8 Å². The van der Waals surface area contributed by atoms with Crippen molar-refractivity contribution in [2.24, 2.45) is 0 Å². The van der Waals surface area contributed by atoms with Crippen LogP contribution in [0.3, 0.4) is 0 Å². The van der Waals surface area contributed by atoms with Crippen LogP contribution in [0.5, 0.6) is 0 Å². The van der Waals surface area contributed by atoms with E-state index in [1.807, 2.05) is 29.2 Å². The smallest absolute Gasteiger partial charge is 0.270 e. The minimum absolute atomic E-state index is 0.0920. The molecule has 0 N–H and O–H groups in total. The lowest BCUT2D eigenvalue weighted by atomic mass is 10.0. The Morgan fingerprint density at radius 1 is 1.07 bits per heavy atom. The van der Waals surface area contributed by atoms with Gasteiger partial charge >= 0.3 is 0 Å². The van der Waals surface area contributed by atoms with Crippen LogP contribution in [0.25, 0.3) is 10.9 Å². The monoisotopic (exact) mass is 364 g/mol. The predicted octanol–water partition coefficient (Wildman–Crippen LogP) is 4.82. The number of nitrogens with zero attached hydrogens (tertiary/aromatic N) is 2. The molecule has 4 rings (SSSR count). The van der Waals surface area contributed by atoms with Gasteiger partial charge in [0.1, 0.15) is 11.5 Å². The summed E-state index contributed by atoms with van der Waals surface area (Å²) >= 11 is 0. The van der Waals surface area contributed by atoms with Crippen molar-refractivity contribution < 1.29 is 9.18 Å². The number of hydrogen-bond donors (Lipinski definition) is 0. The third-order valence-corrected chi connectivity index (χ3v) is 5.50. The van der Waals surface area contributed by atoms with Gasteiger partial charge < -0.3 is 9.47 Å². The molecule has 0 saturated carbocycles. The fraction of sp³-hybridized carbons (Fsp3) is 0.348. The summed E-state index contributed by atoms with van der Waals surface area (Å²) in [6, 6.07) is 15.2. The summed E-state index contributed by atoms with van der Waals surface area (Å²) < 4.78 is 16.0. The molecule has 3 aromatic rings. The van der Waals surface area contributed by atoms with Crippen molar-refractivity contribution in [1.29, 1.82) is 0 Å². The van der Waals surface area contributed by atoms with E-state index in [0.29, 0.717) is 0 Å². The van der Waals surface area contributed by atoms with Gasteiger partial charge in [0.25, 0.3) is 5.91 Å². The molecule has 1 amide bonds. The Labute approximate surface area is 159 Å². The average Bonchev–Trinajstić information content (AvgIpc) is 3.00. The first-order valence-electron chi connectivity index (χ1n) is 9.83. The van der Waals surface area contributed by atoms with Gasteiger partial charge in [0.15, 0.2) is 0 Å². The average molecular weight is 364 g/mol. The Balaban J connectivity index is 1.75. The van der Waals surface area contributed by atoms with Crippen LogP contribution in [0.15, 0.2) is 48.5 Å². The molecule has 140 valence electrons. The summed E-state index contributed by atoms with van der Waals surface area (Å²) in [6.45, 7) is 4.37. The molecule has 0 fully saturated rings. The van der Waals surface area contributed by atoms with Gasteiger partial charge in [-0.2, -0.15) is 0 Å². The van der Waals surface area contributed by atoms with Crippen molar-refractivity contribution in [2.45, 2.75) is 39.2 Å². The number of aromatic nitrogens is 1. The number of fused-ring (bicyclic) bond motifs is 3. The second kappa shape index (κ2) is 7.55. The van der Waals surface area contributed by atoms with Gasteiger partial charge in [0.2, 0.25) is 0 Å². The second-order valence-corrected chi connectivity index (χ2v) is 7.27. The minimum atomic E-state index is -0.244. The number of aryl methyl sites for hydroxylation is 2. The second-order valence-electron chi connectivity index (χ2n) is 7.27. The SMILES string of the molecule is CCCCN1CCc2c(n(CCc3ccccc3)c3ccc(F)cc23)C1=O. The Kier molecular flexibility index (Phi) is 4.97. The maximum atomic E-state index is 13.9. The third kappa shape index (κ3) is 3.36. The van der Waals surface area contributed by atoms with E-state index in [0.717, 1.165) is 67.5 Å². The third-order valence-electron chi connectivity index (χ3n) is 5.50. The summed E-state index contributed by atoms with van der Waals surface area (Å²) in [5, 5.41) is 0.890. The number of benzene rings is 2. The van der Waals surface area contributed by atoms with Gasteiger partial charge in [-0.1, -0.05) is 43.7 Å². The number of halogens is 1. The van der Waals surface area contributed by atoms with Gasteiger partial charge in [0, 0.05) is 30.5 Å². The number of amides is 1. The van der Waals surface area contributed by atoms with E-state index in [9.17, 15) is 9.18 Å². The Morgan fingerprint density at radius 2 is 1.89 bits per heavy atom. The predicted molar refractivity (Wildman–Crippen MR) is 107 cm³/mol. The maximum absolute atomic E-state index is 13.9. The highest BCUT2D eigenvalue weighted by atomic mass is 19.1. The van der Waals surface area contributed by atoms with Crippen molar-refractivity contribution in [3.63, 3.8) is 0 Å². The summed E-state index contributed by atoms with van der Waals surface area (Å²) in [4.78, 5) is 15.2. The summed E-state index contributed by atoms with van der Waals surface area (Å²) in [6.07, 6.45) is 3.72. The van der Waals surface area contributed by atoms with E-state index in [-0.39, 0.29) is 11.7 Å². The molecule has 4 heteroatoms. The quantitative estimate of drug-likeness (QED) is 0.615. The first-order valence-corrected chi connectivity index (χ1v) is 9.83. The van der Waals surface area contributed by atoms with Crippen molar-refractivity contribution in [2.75, 3.05) is 13.1 Å². The molecule has 1 aliphatic heterocycles. The number of carbonyl (C=O) groups excluding carboxylic acids is 1. The number of carbonyl (C=O) groups is 1. The standard InChI is InChI=1S/C23H25FN2O/c1-2-3-13-25-14-12-19-20-16-18(24)9-10-21(20)26(22(19)23(25)27)15-11-17-7-5-4-6-8-17/h4-10,16H,2-3,11-15H2,1H3. The highest BCUT2D eigenvalue weighted by Gasteiger charge is 2.30. The first-order chi connectivity index (χ1) is 13.2. The van der Waals surface area contributed by atoms with E-state index >= 15 is 0 Å². The minimum Gasteiger partial charge on any atom is -0.337 e.